The van der Waals surface area contributed by atoms with Crippen LogP contribution in [0.25, 0.3) is 11.0 Å². The first kappa shape index (κ1) is 18.2. The Morgan fingerprint density at radius 3 is 2.58 bits per heavy atom. The Labute approximate surface area is 151 Å². The van der Waals surface area contributed by atoms with E-state index in [0.717, 1.165) is 12.1 Å². The molecule has 0 aliphatic rings. The number of nitrogens with one attached hydrogen (secondary N) is 1. The summed E-state index contributed by atoms with van der Waals surface area (Å²) in [6.45, 7) is 3.68. The van der Waals surface area contributed by atoms with E-state index in [4.69, 9.17) is 11.6 Å². The fourth-order valence-electron chi connectivity index (χ4n) is 2.55. The number of nitrogens with zero attached hydrogens (tertiary/aromatic N) is 3. The van der Waals surface area contributed by atoms with Gasteiger partial charge in [-0.3, -0.25) is 9.36 Å². The highest BCUT2D eigenvalue weighted by atomic mass is 35.5. The minimum atomic E-state index is -4.57. The minimum absolute atomic E-state index is 0.0768. The molecule has 1 aromatic carbocycles. The maximum absolute atomic E-state index is 13.0. The lowest BCUT2D eigenvalue weighted by Crippen LogP contribution is -2.22. The number of hydrogen-bond donors (Lipinski definition) is 1. The third-order valence-corrected chi connectivity index (χ3v) is 4.04. The van der Waals surface area contributed by atoms with Gasteiger partial charge in [0.05, 0.1) is 10.6 Å². The van der Waals surface area contributed by atoms with Crippen molar-refractivity contribution in [3.8, 4) is 0 Å². The zero-order valence-electron chi connectivity index (χ0n) is 13.8. The smallest absolute Gasteiger partial charge is 0.324 e. The molecule has 0 radical (unpaired) electrons. The molecule has 0 bridgehead atoms. The van der Waals surface area contributed by atoms with Crippen molar-refractivity contribution in [2.75, 3.05) is 5.32 Å². The third-order valence-electron chi connectivity index (χ3n) is 3.71. The van der Waals surface area contributed by atoms with Crippen LogP contribution in [0.4, 0.5) is 24.8 Å². The molecule has 5 nitrogen and oxygen atoms in total. The molecule has 3 rings (SSSR count). The van der Waals surface area contributed by atoms with Gasteiger partial charge in [-0.2, -0.15) is 18.2 Å². The van der Waals surface area contributed by atoms with Gasteiger partial charge >= 0.3 is 6.18 Å². The lowest BCUT2D eigenvalue weighted by atomic mass is 10.2. The molecule has 136 valence electrons. The summed E-state index contributed by atoms with van der Waals surface area (Å²) in [4.78, 5) is 20.5. The van der Waals surface area contributed by atoms with Gasteiger partial charge in [-0.05, 0) is 38.1 Å². The van der Waals surface area contributed by atoms with E-state index >= 15 is 0 Å². The summed E-state index contributed by atoms with van der Waals surface area (Å²) in [6.07, 6.45) is -3.07. The van der Waals surface area contributed by atoms with Crippen LogP contribution in [0.3, 0.4) is 0 Å². The van der Waals surface area contributed by atoms with Gasteiger partial charge in [0.2, 0.25) is 5.95 Å². The molecule has 0 aliphatic carbocycles. The van der Waals surface area contributed by atoms with Gasteiger partial charge in [0.1, 0.15) is 5.65 Å². The van der Waals surface area contributed by atoms with E-state index in [1.54, 1.807) is 6.07 Å². The van der Waals surface area contributed by atoms with E-state index in [-0.39, 0.29) is 23.2 Å². The number of benzene rings is 1. The van der Waals surface area contributed by atoms with E-state index in [1.807, 2.05) is 13.8 Å². The maximum Gasteiger partial charge on any atom is 0.417 e. The van der Waals surface area contributed by atoms with Crippen molar-refractivity contribution in [3.63, 3.8) is 0 Å². The number of pyridine rings is 1. The first-order chi connectivity index (χ1) is 12.2. The second-order valence-corrected chi connectivity index (χ2v) is 6.33. The monoisotopic (exact) mass is 382 g/mol. The van der Waals surface area contributed by atoms with E-state index in [1.165, 1.54) is 22.9 Å². The molecule has 0 unspecified atom stereocenters. The van der Waals surface area contributed by atoms with Gasteiger partial charge in [-0.15, -0.1) is 0 Å². The summed E-state index contributed by atoms with van der Waals surface area (Å²) in [5, 5.41) is 2.98. The number of aromatic nitrogens is 3. The highest BCUT2D eigenvalue weighted by Crippen LogP contribution is 2.36. The van der Waals surface area contributed by atoms with Crippen molar-refractivity contribution >= 4 is 34.3 Å². The third kappa shape index (κ3) is 3.50. The molecule has 0 spiro atoms. The Morgan fingerprint density at radius 2 is 1.92 bits per heavy atom. The fourth-order valence-corrected chi connectivity index (χ4v) is 2.77. The maximum atomic E-state index is 13.0. The van der Waals surface area contributed by atoms with Crippen LogP contribution in [0.1, 0.15) is 25.5 Å². The Hall–Kier alpha value is -2.61. The lowest BCUT2D eigenvalue weighted by molar-refractivity contribution is -0.137. The van der Waals surface area contributed by atoms with Crippen LogP contribution in [-0.2, 0) is 6.18 Å². The first-order valence-electron chi connectivity index (χ1n) is 7.69. The van der Waals surface area contributed by atoms with Gasteiger partial charge in [0.25, 0.3) is 5.56 Å². The quantitative estimate of drug-likeness (QED) is 0.707. The van der Waals surface area contributed by atoms with Gasteiger partial charge in [-0.25, -0.2) is 4.98 Å². The fraction of sp³-hybridized carbons (Fsp3) is 0.235. The first-order valence-corrected chi connectivity index (χ1v) is 8.06. The van der Waals surface area contributed by atoms with Crippen LogP contribution in [0.2, 0.25) is 5.02 Å². The number of alkyl halides is 3. The summed E-state index contributed by atoms with van der Waals surface area (Å²) < 4.78 is 40.4. The van der Waals surface area contributed by atoms with Crippen molar-refractivity contribution in [3.05, 3.63) is 57.5 Å². The van der Waals surface area contributed by atoms with Crippen molar-refractivity contribution < 1.29 is 13.2 Å². The molecule has 2 heterocycles. The highest BCUT2D eigenvalue weighted by molar-refractivity contribution is 6.31. The molecule has 0 fully saturated rings. The van der Waals surface area contributed by atoms with E-state index in [0.29, 0.717) is 11.0 Å². The predicted molar refractivity (Wildman–Crippen MR) is 93.9 cm³/mol. The molecular weight excluding hydrogens is 369 g/mol. The zero-order valence-corrected chi connectivity index (χ0v) is 14.6. The molecule has 1 N–H and O–H groups in total. The summed E-state index contributed by atoms with van der Waals surface area (Å²) >= 11 is 5.62. The van der Waals surface area contributed by atoms with Crippen LogP contribution >= 0.6 is 11.6 Å². The van der Waals surface area contributed by atoms with Gasteiger partial charge in [-0.1, -0.05) is 11.6 Å². The normalized spacial score (nSPS) is 12.0. The highest BCUT2D eigenvalue weighted by Gasteiger charge is 2.33. The van der Waals surface area contributed by atoms with Crippen LogP contribution < -0.4 is 10.9 Å². The Kier molecular flexibility index (Phi) is 4.62. The van der Waals surface area contributed by atoms with Gasteiger partial charge < -0.3 is 5.32 Å². The molecular formula is C17H14ClF3N4O. The SMILES string of the molecule is CC(C)n1c(=O)ccc2cnc(Nc3ccc(Cl)c(C(F)(F)F)c3)nc21. The Morgan fingerprint density at radius 1 is 1.19 bits per heavy atom. The zero-order chi connectivity index (χ0) is 19.1. The lowest BCUT2D eigenvalue weighted by Gasteiger charge is -2.14. The van der Waals surface area contributed by atoms with Gasteiger partial charge in [0, 0.05) is 29.4 Å². The topological polar surface area (TPSA) is 59.8 Å². The second-order valence-electron chi connectivity index (χ2n) is 5.93. The molecule has 0 aliphatic heterocycles. The number of hydrogen-bond acceptors (Lipinski definition) is 4. The summed E-state index contributed by atoms with van der Waals surface area (Å²) in [6, 6.07) is 6.32. The molecule has 9 heteroatoms. The molecule has 0 amide bonds. The second kappa shape index (κ2) is 6.60. The summed E-state index contributed by atoms with van der Waals surface area (Å²) in [5.41, 5.74) is -0.641. The standard InChI is InChI=1S/C17H14ClF3N4O/c1-9(2)25-14(26)6-3-10-8-22-16(24-15(10)25)23-11-4-5-13(18)12(7-11)17(19,20)21/h3-9H,1-2H3,(H,22,23,24). The average Bonchev–Trinajstić information content (AvgIpc) is 2.55. The Balaban J connectivity index is 2.05. The van der Waals surface area contributed by atoms with Crippen molar-refractivity contribution in [1.29, 1.82) is 0 Å². The molecule has 0 atom stereocenters. The number of halogens is 4. The van der Waals surface area contributed by atoms with Crippen molar-refractivity contribution in [2.45, 2.75) is 26.1 Å². The minimum Gasteiger partial charge on any atom is -0.324 e. The molecule has 0 saturated heterocycles. The molecule has 2 aromatic heterocycles. The van der Waals surface area contributed by atoms with Crippen LogP contribution in [0.15, 0.2) is 41.3 Å². The van der Waals surface area contributed by atoms with Crippen LogP contribution in [-0.4, -0.2) is 14.5 Å². The van der Waals surface area contributed by atoms with E-state index in [2.05, 4.69) is 15.3 Å². The van der Waals surface area contributed by atoms with Crippen LogP contribution in [0, 0.1) is 0 Å². The van der Waals surface area contributed by atoms with Crippen molar-refractivity contribution in [1.82, 2.24) is 14.5 Å². The van der Waals surface area contributed by atoms with Gasteiger partial charge in [0.15, 0.2) is 0 Å². The summed E-state index contributed by atoms with van der Waals surface area (Å²) in [5.74, 6) is 0.0768. The molecule has 26 heavy (non-hydrogen) atoms. The Bertz CT molecular complexity index is 1030. The number of anilines is 2. The predicted octanol–water partition coefficient (Wildman–Crippen LogP) is 4.79. The average molecular weight is 383 g/mol. The largest absolute Gasteiger partial charge is 0.417 e. The number of fused-ring (bicyclic) bond motifs is 1. The van der Waals surface area contributed by atoms with E-state index in [9.17, 15) is 18.0 Å². The summed E-state index contributed by atoms with van der Waals surface area (Å²) in [7, 11) is 0. The van der Waals surface area contributed by atoms with Crippen molar-refractivity contribution in [2.24, 2.45) is 0 Å². The number of rotatable bonds is 3. The molecule has 0 saturated carbocycles. The van der Waals surface area contributed by atoms with Crippen LogP contribution in [0.5, 0.6) is 0 Å². The molecule has 3 aromatic rings. The van der Waals surface area contributed by atoms with E-state index < -0.39 is 16.8 Å².